The zero-order valence-corrected chi connectivity index (χ0v) is 55.2. The first kappa shape index (κ1) is 62.9. The fourth-order valence-electron chi connectivity index (χ4n) is 11.4. The van der Waals surface area contributed by atoms with E-state index in [4.69, 9.17) is 9.47 Å². The van der Waals surface area contributed by atoms with E-state index < -0.39 is 11.6 Å². The molecule has 6 nitrogen and oxygen atoms in total. The van der Waals surface area contributed by atoms with Crippen LogP contribution in [0.3, 0.4) is 0 Å². The van der Waals surface area contributed by atoms with Crippen LogP contribution in [-0.4, -0.2) is 42.0 Å². The van der Waals surface area contributed by atoms with Crippen molar-refractivity contribution in [2.45, 2.75) is 139 Å². The molecule has 2 heterocycles. The number of hydrogen-bond donors (Lipinski definition) is 2. The summed E-state index contributed by atoms with van der Waals surface area (Å²) in [6.07, 6.45) is 0.518. The SMILES string of the molecule is Cc1cc(-c2cc(F)cc(C)c2[OH+]CCC[OH+]c2c(C)cc(F)cc2-c2cc(C)cc(-n3c4cc(C(C)(C)C)ccc4c4ccc(C(C)(C)C)cc43)c2O)c(O)c(-n2c3cc(C(C)(C)C)ccc3c3ccc(C(C)(C)C)cc32)c1.[CH3-].[CH3-].[Hf]. The Morgan fingerprint density at radius 3 is 0.939 bits per heavy atom. The number of phenols is 2. The van der Waals surface area contributed by atoms with Crippen LogP contribution in [0.25, 0.3) is 77.2 Å². The van der Waals surface area contributed by atoms with E-state index in [2.05, 4.69) is 165 Å². The van der Waals surface area contributed by atoms with Gasteiger partial charge in [-0.2, -0.15) is 0 Å². The van der Waals surface area contributed by atoms with E-state index in [-0.39, 0.29) is 73.9 Å². The maximum atomic E-state index is 15.7. The first-order valence-electron chi connectivity index (χ1n) is 27.8. The molecule has 0 fully saturated rings. The molecule has 0 saturated carbocycles. The van der Waals surface area contributed by atoms with Gasteiger partial charge in [0, 0.05) is 69.6 Å². The van der Waals surface area contributed by atoms with E-state index in [0.29, 0.717) is 75.9 Å². The van der Waals surface area contributed by atoms with Gasteiger partial charge in [0.1, 0.15) is 29.6 Å². The van der Waals surface area contributed by atoms with Crippen molar-refractivity contribution in [1.82, 2.24) is 9.13 Å². The number of aliphatic hydroxyl groups is 2. The van der Waals surface area contributed by atoms with Gasteiger partial charge in [0.05, 0.1) is 44.6 Å². The Kier molecular flexibility index (Phi) is 17.5. The molecular weight excluding hydrogens is 1190 g/mol. The van der Waals surface area contributed by atoms with Crippen molar-refractivity contribution in [3.8, 4) is 56.6 Å². The van der Waals surface area contributed by atoms with Crippen molar-refractivity contribution in [3.05, 3.63) is 192 Å². The molecule has 82 heavy (non-hydrogen) atoms. The molecule has 10 rings (SSSR count). The van der Waals surface area contributed by atoms with Crippen molar-refractivity contribution in [2.24, 2.45) is 0 Å². The van der Waals surface area contributed by atoms with Gasteiger partial charge in [0.2, 0.25) is 0 Å². The number of nitrogens with zero attached hydrogens (tertiary/aromatic N) is 2. The summed E-state index contributed by atoms with van der Waals surface area (Å²) in [6, 6.07) is 40.3. The Morgan fingerprint density at radius 2 is 0.671 bits per heavy atom. The van der Waals surface area contributed by atoms with Crippen LogP contribution < -0.4 is 0 Å². The fourth-order valence-corrected chi connectivity index (χ4v) is 11.4. The molecule has 8 aromatic carbocycles. The summed E-state index contributed by atoms with van der Waals surface area (Å²) in [6.45, 7) is 34.9. The molecule has 2 aromatic heterocycles. The predicted molar refractivity (Wildman–Crippen MR) is 340 cm³/mol. The van der Waals surface area contributed by atoms with E-state index >= 15 is 8.78 Å². The second-order valence-corrected chi connectivity index (χ2v) is 26.3. The molecule has 0 amide bonds. The van der Waals surface area contributed by atoms with E-state index in [1.165, 1.54) is 46.5 Å². The van der Waals surface area contributed by atoms with Crippen LogP contribution in [0.1, 0.15) is 134 Å². The molecule has 10 aromatic rings. The Morgan fingerprint density at radius 1 is 0.390 bits per heavy atom. The Labute approximate surface area is 504 Å². The molecule has 428 valence electrons. The summed E-state index contributed by atoms with van der Waals surface area (Å²) in [5.74, 6) is 0.404. The van der Waals surface area contributed by atoms with Gasteiger partial charge in [-0.05, 0) is 156 Å². The zero-order valence-electron chi connectivity index (χ0n) is 51.6. The van der Waals surface area contributed by atoms with Crippen molar-refractivity contribution >= 4 is 43.6 Å². The first-order chi connectivity index (χ1) is 37.0. The zero-order chi connectivity index (χ0) is 57.0. The van der Waals surface area contributed by atoms with E-state index in [1.54, 1.807) is 0 Å². The Bertz CT molecular complexity index is 3670. The fraction of sp³-hybridized carbons (Fsp3) is 0.315. The molecule has 0 aliphatic rings. The normalized spacial score (nSPS) is 12.2. The number of aromatic nitrogens is 2. The molecule has 0 bridgehead atoms. The number of hydrogen-bond acceptors (Lipinski definition) is 2. The van der Waals surface area contributed by atoms with Gasteiger partial charge < -0.3 is 43.7 Å². The van der Waals surface area contributed by atoms with Crippen LogP contribution >= 0.6 is 0 Å². The van der Waals surface area contributed by atoms with Crippen LogP contribution in [0.2, 0.25) is 0 Å². The molecular formula is C73H84F2HfN2O4. The third-order valence-corrected chi connectivity index (χ3v) is 15.9. The minimum absolute atomic E-state index is 0. The second-order valence-electron chi connectivity index (χ2n) is 26.3. The van der Waals surface area contributed by atoms with Crippen molar-refractivity contribution in [2.75, 3.05) is 13.2 Å². The maximum Gasteiger partial charge on any atom is 0.265 e. The van der Waals surface area contributed by atoms with Gasteiger partial charge in [-0.3, -0.25) is 0 Å². The maximum absolute atomic E-state index is 15.7. The van der Waals surface area contributed by atoms with Crippen molar-refractivity contribution < 1.29 is 54.3 Å². The summed E-state index contributed by atoms with van der Waals surface area (Å²) in [5.41, 5.74) is 14.4. The molecule has 4 N–H and O–H groups in total. The monoisotopic (exact) mass is 1270 g/mol. The summed E-state index contributed by atoms with van der Waals surface area (Å²) in [7, 11) is 0. The van der Waals surface area contributed by atoms with Gasteiger partial charge >= 0.3 is 0 Å². The third-order valence-electron chi connectivity index (χ3n) is 15.9. The molecule has 0 atom stereocenters. The number of halogens is 2. The number of rotatable bonds is 10. The van der Waals surface area contributed by atoms with E-state index in [0.717, 1.165) is 54.7 Å². The Hall–Kier alpha value is -6.71. The first-order valence-corrected chi connectivity index (χ1v) is 27.8. The number of aromatic hydroxyl groups is 4. The second kappa shape index (κ2) is 22.8. The summed E-state index contributed by atoms with van der Waals surface area (Å²) in [4.78, 5) is 0. The van der Waals surface area contributed by atoms with Gasteiger partial charge in [-0.1, -0.05) is 132 Å². The van der Waals surface area contributed by atoms with Crippen LogP contribution in [0.5, 0.6) is 23.0 Å². The van der Waals surface area contributed by atoms with Crippen LogP contribution in [0, 0.1) is 54.2 Å². The topological polar surface area (TPSA) is 75.9 Å². The average molecular weight is 1270 g/mol. The third kappa shape index (κ3) is 11.7. The molecule has 0 aliphatic heterocycles. The summed E-state index contributed by atoms with van der Waals surface area (Å²) in [5, 5.41) is 29.7. The van der Waals surface area contributed by atoms with Gasteiger partial charge in [0.25, 0.3) is 11.5 Å². The largest absolute Gasteiger partial charge is 0.582 e. The van der Waals surface area contributed by atoms with Crippen molar-refractivity contribution in [3.63, 3.8) is 0 Å². The summed E-state index contributed by atoms with van der Waals surface area (Å²) >= 11 is 0. The minimum atomic E-state index is -0.422. The van der Waals surface area contributed by atoms with Gasteiger partial charge in [0.15, 0.2) is 13.2 Å². The number of benzene rings is 8. The molecule has 0 radical (unpaired) electrons. The Balaban J connectivity index is 0.00000323. The number of fused-ring (bicyclic) bond motifs is 6. The van der Waals surface area contributed by atoms with E-state index in [9.17, 15) is 10.2 Å². The quantitative estimate of drug-likeness (QED) is 0.0620. The van der Waals surface area contributed by atoms with Crippen LogP contribution in [0.15, 0.2) is 121 Å². The summed E-state index contributed by atoms with van der Waals surface area (Å²) < 4.78 is 46.0. The number of phenolic OH excluding ortho intramolecular Hbond substituents is 2. The van der Waals surface area contributed by atoms with Gasteiger partial charge in [-0.25, -0.2) is 8.78 Å². The number of aryl methyl sites for hydroxylation is 4. The van der Waals surface area contributed by atoms with Crippen LogP contribution in [0.4, 0.5) is 8.78 Å². The number of ether oxygens (including phenoxy) is 2. The molecule has 0 unspecified atom stereocenters. The van der Waals surface area contributed by atoms with E-state index in [1.807, 2.05) is 52.0 Å². The average Bonchev–Trinajstić information content (AvgIpc) is 4.12. The minimum Gasteiger partial charge on any atom is -0.582 e. The molecule has 9 heteroatoms. The standard InChI is InChI=1S/C71H76F2N2O4.2CH3.Hf/c1-40-28-54(64(76)62(30-40)74-58-34-44(68(5,6)7)18-22-50(58)51-23-19-45(35-59(51)74)69(8,9)10)56-38-48(72)32-42(3)66(56)78-26-17-27-79-67-43(4)33-49(73)39-57(67)55-29-41(2)31-63(65(55)77)75-60-36-46(70(11,12)13)20-24-52(60)53-25-21-47(37-61(53)75)71(14,15)16;;;/h18-25,28-39,76-77H,17,26-27H2,1-16H3;2*1H3;/q;2*-1;/p+2. The van der Waals surface area contributed by atoms with Crippen molar-refractivity contribution in [1.29, 1.82) is 0 Å². The smallest absolute Gasteiger partial charge is 0.265 e. The molecule has 0 saturated heterocycles. The molecule has 0 aliphatic carbocycles. The van der Waals surface area contributed by atoms with Gasteiger partial charge in [-0.15, -0.1) is 0 Å². The van der Waals surface area contributed by atoms with Crippen LogP contribution in [-0.2, 0) is 47.5 Å². The molecule has 0 spiro atoms. The predicted octanol–water partition coefficient (Wildman–Crippen LogP) is 19.8.